The number of nitrogens with zero attached hydrogens (tertiary/aromatic N) is 2. The van der Waals surface area contributed by atoms with Crippen molar-refractivity contribution in [2.24, 2.45) is 0 Å². The molecule has 6 nitrogen and oxygen atoms in total. The third-order valence-corrected chi connectivity index (χ3v) is 5.72. The lowest BCUT2D eigenvalue weighted by Crippen LogP contribution is -2.29. The summed E-state index contributed by atoms with van der Waals surface area (Å²) in [5, 5.41) is 11.3. The van der Waals surface area contributed by atoms with E-state index in [-0.39, 0.29) is 11.3 Å². The minimum Gasteiger partial charge on any atom is -0.507 e. The summed E-state index contributed by atoms with van der Waals surface area (Å²) in [5.74, 6) is -0.988. The van der Waals surface area contributed by atoms with E-state index in [9.17, 15) is 14.7 Å². The molecule has 0 bridgehead atoms. The summed E-state index contributed by atoms with van der Waals surface area (Å²) in [4.78, 5) is 32.2. The number of Topliss-reactive ketones (excluding diaryl/α,β-unsaturated/α-hetero) is 1. The van der Waals surface area contributed by atoms with E-state index in [0.717, 1.165) is 16.7 Å². The second-order valence-corrected chi connectivity index (χ2v) is 7.90. The van der Waals surface area contributed by atoms with Crippen LogP contribution in [0.1, 0.15) is 34.0 Å². The number of ether oxygens (including phenoxy) is 1. The summed E-state index contributed by atoms with van der Waals surface area (Å²) < 4.78 is 5.36. The average Bonchev–Trinajstić information content (AvgIpc) is 3.06. The molecule has 1 fully saturated rings. The van der Waals surface area contributed by atoms with Crippen LogP contribution in [-0.4, -0.2) is 28.9 Å². The topological polar surface area (TPSA) is 79.7 Å². The first kappa shape index (κ1) is 21.3. The van der Waals surface area contributed by atoms with Crippen LogP contribution in [0.25, 0.3) is 5.76 Å². The maximum atomic E-state index is 13.2. The first-order valence-electron chi connectivity index (χ1n) is 10.3. The molecule has 0 radical (unpaired) electrons. The Morgan fingerprint density at radius 3 is 2.34 bits per heavy atom. The van der Waals surface area contributed by atoms with Crippen LogP contribution in [0, 0.1) is 20.8 Å². The molecule has 1 N–H and O–H groups in total. The summed E-state index contributed by atoms with van der Waals surface area (Å²) in [7, 11) is 1.58. The van der Waals surface area contributed by atoms with E-state index in [4.69, 9.17) is 4.74 Å². The SMILES string of the molecule is COc1cc(C)c(/C(O)=C2\C(=O)C(=O)N(c3ccc(C)cc3)C2c2ccccn2)cc1C. The van der Waals surface area contributed by atoms with Crippen molar-refractivity contribution in [1.29, 1.82) is 0 Å². The molecular formula is C26H24N2O4. The first-order chi connectivity index (χ1) is 15.3. The number of carbonyl (C=O) groups is 2. The van der Waals surface area contributed by atoms with Crippen LogP contribution < -0.4 is 9.64 Å². The van der Waals surface area contributed by atoms with Gasteiger partial charge in [-0.2, -0.15) is 0 Å². The predicted octanol–water partition coefficient (Wildman–Crippen LogP) is 4.64. The monoisotopic (exact) mass is 428 g/mol. The van der Waals surface area contributed by atoms with Crippen molar-refractivity contribution in [3.8, 4) is 5.75 Å². The first-order valence-corrected chi connectivity index (χ1v) is 10.3. The highest BCUT2D eigenvalue weighted by Gasteiger charge is 2.47. The van der Waals surface area contributed by atoms with Crippen molar-refractivity contribution in [3.63, 3.8) is 0 Å². The van der Waals surface area contributed by atoms with Gasteiger partial charge in [-0.05, 0) is 68.3 Å². The van der Waals surface area contributed by atoms with Gasteiger partial charge in [0.15, 0.2) is 0 Å². The molecule has 32 heavy (non-hydrogen) atoms. The molecule has 0 spiro atoms. The van der Waals surface area contributed by atoms with Gasteiger partial charge in [0.05, 0.1) is 18.4 Å². The number of aliphatic hydroxyl groups excluding tert-OH is 1. The van der Waals surface area contributed by atoms with Crippen LogP contribution in [0.4, 0.5) is 5.69 Å². The van der Waals surface area contributed by atoms with E-state index in [1.807, 2.05) is 32.9 Å². The summed E-state index contributed by atoms with van der Waals surface area (Å²) in [6.45, 7) is 5.63. The predicted molar refractivity (Wildman–Crippen MR) is 123 cm³/mol. The van der Waals surface area contributed by atoms with Crippen LogP contribution >= 0.6 is 0 Å². The standard InChI is InChI=1S/C26H24N2O4/c1-15-8-10-18(11-9-15)28-23(20-7-5-6-12-27-20)22(25(30)26(28)31)24(29)19-13-17(3)21(32-4)14-16(19)2/h5-14,23,29H,1-4H3/b24-22+. The zero-order valence-corrected chi connectivity index (χ0v) is 18.4. The second kappa shape index (κ2) is 8.30. The fraction of sp³-hybridized carbons (Fsp3) is 0.192. The Hall–Kier alpha value is -3.93. The highest BCUT2D eigenvalue weighted by atomic mass is 16.5. The lowest BCUT2D eigenvalue weighted by Gasteiger charge is -2.25. The quantitative estimate of drug-likeness (QED) is 0.372. The summed E-state index contributed by atoms with van der Waals surface area (Å²) in [6, 6.07) is 15.4. The average molecular weight is 428 g/mol. The largest absolute Gasteiger partial charge is 0.507 e. The molecule has 2 heterocycles. The van der Waals surface area contributed by atoms with Gasteiger partial charge >= 0.3 is 0 Å². The molecule has 1 aliphatic rings. The fourth-order valence-electron chi connectivity index (χ4n) is 4.03. The lowest BCUT2D eigenvalue weighted by atomic mass is 9.95. The normalized spacial score (nSPS) is 17.6. The lowest BCUT2D eigenvalue weighted by molar-refractivity contribution is -0.132. The third kappa shape index (κ3) is 3.54. The minimum atomic E-state index is -0.847. The number of aliphatic hydroxyl groups is 1. The molecule has 0 aliphatic carbocycles. The number of amides is 1. The summed E-state index contributed by atoms with van der Waals surface area (Å²) in [6.07, 6.45) is 1.60. The second-order valence-electron chi connectivity index (χ2n) is 7.90. The van der Waals surface area contributed by atoms with Crippen molar-refractivity contribution >= 4 is 23.1 Å². The Balaban J connectivity index is 1.96. The number of aryl methyl sites for hydroxylation is 3. The van der Waals surface area contributed by atoms with Gasteiger partial charge in [0.2, 0.25) is 0 Å². The minimum absolute atomic E-state index is 0.0157. The Morgan fingerprint density at radius 1 is 1.00 bits per heavy atom. The van der Waals surface area contributed by atoms with Gasteiger partial charge in [0.25, 0.3) is 11.7 Å². The number of anilines is 1. The smallest absolute Gasteiger partial charge is 0.300 e. The Bertz CT molecular complexity index is 1230. The van der Waals surface area contributed by atoms with Gasteiger partial charge in [0.1, 0.15) is 17.6 Å². The van der Waals surface area contributed by atoms with E-state index in [1.54, 1.807) is 55.8 Å². The van der Waals surface area contributed by atoms with Gasteiger partial charge in [-0.15, -0.1) is 0 Å². The molecule has 1 aliphatic heterocycles. The highest BCUT2D eigenvalue weighted by Crippen LogP contribution is 2.42. The number of hydrogen-bond donors (Lipinski definition) is 1. The fourth-order valence-corrected chi connectivity index (χ4v) is 4.03. The van der Waals surface area contributed by atoms with Gasteiger partial charge < -0.3 is 9.84 Å². The van der Waals surface area contributed by atoms with Crippen LogP contribution in [0.5, 0.6) is 5.75 Å². The van der Waals surface area contributed by atoms with Gasteiger partial charge in [-0.3, -0.25) is 19.5 Å². The van der Waals surface area contributed by atoms with Crippen molar-refractivity contribution in [2.75, 3.05) is 12.0 Å². The maximum absolute atomic E-state index is 13.2. The van der Waals surface area contributed by atoms with E-state index >= 15 is 0 Å². The Kier molecular flexibility index (Phi) is 5.53. The van der Waals surface area contributed by atoms with Gasteiger partial charge in [-0.25, -0.2) is 0 Å². The van der Waals surface area contributed by atoms with Gasteiger partial charge in [0, 0.05) is 17.4 Å². The molecule has 162 valence electrons. The van der Waals surface area contributed by atoms with E-state index in [2.05, 4.69) is 4.98 Å². The molecule has 2 aromatic carbocycles. The molecule has 1 atom stereocenters. The van der Waals surface area contributed by atoms with Crippen LogP contribution in [0.2, 0.25) is 0 Å². The number of methoxy groups -OCH3 is 1. The van der Waals surface area contributed by atoms with E-state index in [1.165, 1.54) is 4.90 Å². The molecule has 4 rings (SSSR count). The van der Waals surface area contributed by atoms with Crippen molar-refractivity contribution in [1.82, 2.24) is 4.98 Å². The number of carbonyl (C=O) groups excluding carboxylic acids is 2. The molecular weight excluding hydrogens is 404 g/mol. The highest BCUT2D eigenvalue weighted by molar-refractivity contribution is 6.51. The zero-order chi connectivity index (χ0) is 23.0. The van der Waals surface area contributed by atoms with Gasteiger partial charge in [-0.1, -0.05) is 23.8 Å². The van der Waals surface area contributed by atoms with Crippen LogP contribution in [0.15, 0.2) is 66.4 Å². The van der Waals surface area contributed by atoms with E-state index in [0.29, 0.717) is 22.7 Å². The van der Waals surface area contributed by atoms with Crippen molar-refractivity contribution < 1.29 is 19.4 Å². The van der Waals surface area contributed by atoms with Crippen LogP contribution in [-0.2, 0) is 9.59 Å². The number of hydrogen-bond acceptors (Lipinski definition) is 5. The molecule has 3 aromatic rings. The van der Waals surface area contributed by atoms with Crippen LogP contribution in [0.3, 0.4) is 0 Å². The Morgan fingerprint density at radius 2 is 1.72 bits per heavy atom. The Labute approximate surface area is 186 Å². The van der Waals surface area contributed by atoms with Crippen molar-refractivity contribution in [3.05, 3.63) is 94.3 Å². The third-order valence-electron chi connectivity index (χ3n) is 5.72. The van der Waals surface area contributed by atoms with Crippen molar-refractivity contribution in [2.45, 2.75) is 26.8 Å². The molecule has 1 aromatic heterocycles. The number of aromatic nitrogens is 1. The molecule has 0 saturated carbocycles. The summed E-state index contributed by atoms with van der Waals surface area (Å²) in [5.41, 5.74) is 4.12. The number of benzene rings is 2. The molecule has 6 heteroatoms. The number of ketones is 1. The molecule has 1 amide bonds. The zero-order valence-electron chi connectivity index (χ0n) is 18.4. The molecule has 1 unspecified atom stereocenters. The molecule has 1 saturated heterocycles. The number of pyridine rings is 1. The maximum Gasteiger partial charge on any atom is 0.300 e. The van der Waals surface area contributed by atoms with E-state index < -0.39 is 17.7 Å². The number of rotatable bonds is 4. The summed E-state index contributed by atoms with van der Waals surface area (Å²) >= 11 is 0.